The van der Waals surface area contributed by atoms with Crippen LogP contribution in [0.2, 0.25) is 0 Å². The van der Waals surface area contributed by atoms with Gasteiger partial charge in [0.25, 0.3) is 0 Å². The highest BCUT2D eigenvalue weighted by Gasteiger charge is 2.48. The Hall–Kier alpha value is -1.21. The van der Waals surface area contributed by atoms with Crippen molar-refractivity contribution >= 4 is 6.09 Å². The maximum atomic E-state index is 12.1. The topological polar surface area (TPSA) is 38.8 Å². The third-order valence-corrected chi connectivity index (χ3v) is 2.60. The zero-order valence-corrected chi connectivity index (χ0v) is 11.4. The van der Waals surface area contributed by atoms with E-state index in [0.29, 0.717) is 0 Å². The molecule has 1 heterocycles. The van der Waals surface area contributed by atoms with Gasteiger partial charge >= 0.3 is 6.09 Å². The summed E-state index contributed by atoms with van der Waals surface area (Å²) < 4.78 is 11.0. The van der Waals surface area contributed by atoms with Crippen molar-refractivity contribution in [2.75, 3.05) is 0 Å². The molecule has 1 aliphatic rings. The first-order valence-corrected chi connectivity index (χ1v) is 5.75. The van der Waals surface area contributed by atoms with Gasteiger partial charge in [-0.25, -0.2) is 4.79 Å². The molecule has 0 aromatic rings. The number of hydrogen-bond donors (Lipinski definition) is 0. The van der Waals surface area contributed by atoms with Gasteiger partial charge in [-0.1, -0.05) is 5.92 Å². The largest absolute Gasteiger partial charge is 0.444 e. The number of rotatable bonds is 0. The summed E-state index contributed by atoms with van der Waals surface area (Å²) in [7, 11) is 0. The second-order valence-electron chi connectivity index (χ2n) is 5.74. The highest BCUT2D eigenvalue weighted by molar-refractivity contribution is 5.70. The van der Waals surface area contributed by atoms with Gasteiger partial charge in [-0.05, 0) is 41.5 Å². The minimum absolute atomic E-state index is 0.190. The van der Waals surface area contributed by atoms with Crippen LogP contribution in [0.25, 0.3) is 0 Å². The number of carbonyl (C=O) groups is 1. The maximum Gasteiger partial charge on any atom is 0.412 e. The number of ether oxygens (including phenoxy) is 2. The summed E-state index contributed by atoms with van der Waals surface area (Å²) in [5.41, 5.74) is -1.26. The van der Waals surface area contributed by atoms with E-state index in [1.54, 1.807) is 4.90 Å². The van der Waals surface area contributed by atoms with Crippen LogP contribution in [0.1, 0.15) is 41.5 Å². The van der Waals surface area contributed by atoms with Gasteiger partial charge in [0.15, 0.2) is 0 Å². The highest BCUT2D eigenvalue weighted by Crippen LogP contribution is 2.33. The van der Waals surface area contributed by atoms with Gasteiger partial charge in [0, 0.05) is 0 Å². The first-order chi connectivity index (χ1) is 7.58. The Morgan fingerprint density at radius 3 is 2.35 bits per heavy atom. The summed E-state index contributed by atoms with van der Waals surface area (Å²) >= 11 is 0. The average Bonchev–Trinajstić information content (AvgIpc) is 2.32. The zero-order valence-electron chi connectivity index (χ0n) is 11.4. The fourth-order valence-corrected chi connectivity index (χ4v) is 1.96. The molecule has 17 heavy (non-hydrogen) atoms. The summed E-state index contributed by atoms with van der Waals surface area (Å²) in [5.74, 6) is 2.55. The van der Waals surface area contributed by atoms with Crippen LogP contribution in [0.15, 0.2) is 0 Å². The highest BCUT2D eigenvalue weighted by atomic mass is 16.6. The van der Waals surface area contributed by atoms with Gasteiger partial charge in [0.1, 0.15) is 17.4 Å². The van der Waals surface area contributed by atoms with E-state index in [-0.39, 0.29) is 6.04 Å². The molecule has 1 rings (SSSR count). The van der Waals surface area contributed by atoms with E-state index < -0.39 is 23.5 Å². The fraction of sp³-hybridized carbons (Fsp3) is 0.769. The predicted molar refractivity (Wildman–Crippen MR) is 65.3 cm³/mol. The van der Waals surface area contributed by atoms with Crippen molar-refractivity contribution in [3.63, 3.8) is 0 Å². The smallest absolute Gasteiger partial charge is 0.412 e. The standard InChI is InChI=1S/C13H21NO3/c1-8-10-9(2)14(13(6,7)16-10)11(15)17-12(3,4)5/h1,9-10H,2-7H3/t9-,10+/m0/s1. The monoisotopic (exact) mass is 239 g/mol. The van der Waals surface area contributed by atoms with Crippen molar-refractivity contribution in [3.05, 3.63) is 0 Å². The predicted octanol–water partition coefficient (Wildman–Crippen LogP) is 2.38. The minimum Gasteiger partial charge on any atom is -0.444 e. The first-order valence-electron chi connectivity index (χ1n) is 5.75. The Morgan fingerprint density at radius 2 is 2.00 bits per heavy atom. The van der Waals surface area contributed by atoms with Crippen LogP contribution in [-0.4, -0.2) is 34.5 Å². The van der Waals surface area contributed by atoms with Crippen molar-refractivity contribution in [1.82, 2.24) is 4.90 Å². The van der Waals surface area contributed by atoms with E-state index >= 15 is 0 Å². The van der Waals surface area contributed by atoms with E-state index in [4.69, 9.17) is 15.9 Å². The van der Waals surface area contributed by atoms with E-state index in [1.807, 2.05) is 41.5 Å². The first kappa shape index (κ1) is 13.9. The molecule has 0 N–H and O–H groups in total. The fourth-order valence-electron chi connectivity index (χ4n) is 1.96. The Bertz CT molecular complexity index is 349. The summed E-state index contributed by atoms with van der Waals surface area (Å²) in [6.07, 6.45) is 4.59. The maximum absolute atomic E-state index is 12.1. The van der Waals surface area contributed by atoms with Gasteiger partial charge in [-0.2, -0.15) is 0 Å². The summed E-state index contributed by atoms with van der Waals surface area (Å²) in [4.78, 5) is 13.7. The lowest BCUT2D eigenvalue weighted by Gasteiger charge is -2.33. The number of terminal acetylenes is 1. The lowest BCUT2D eigenvalue weighted by Crippen LogP contribution is -2.49. The lowest BCUT2D eigenvalue weighted by atomic mass is 10.1. The molecule has 0 aliphatic carbocycles. The molecular weight excluding hydrogens is 218 g/mol. The third kappa shape index (κ3) is 2.92. The molecule has 4 nitrogen and oxygen atoms in total. The normalized spacial score (nSPS) is 27.7. The van der Waals surface area contributed by atoms with Crippen LogP contribution in [0.3, 0.4) is 0 Å². The Labute approximate surface area is 103 Å². The van der Waals surface area contributed by atoms with Crippen molar-refractivity contribution in [2.45, 2.75) is 65.0 Å². The summed E-state index contributed by atoms with van der Waals surface area (Å²) in [6.45, 7) is 11.0. The minimum atomic E-state index is -0.737. The molecule has 2 atom stereocenters. The van der Waals surface area contributed by atoms with Crippen LogP contribution in [0, 0.1) is 12.3 Å². The van der Waals surface area contributed by atoms with E-state index in [1.165, 1.54) is 0 Å². The average molecular weight is 239 g/mol. The van der Waals surface area contributed by atoms with Crippen LogP contribution in [-0.2, 0) is 9.47 Å². The number of hydrogen-bond acceptors (Lipinski definition) is 3. The van der Waals surface area contributed by atoms with Crippen LogP contribution in [0.5, 0.6) is 0 Å². The van der Waals surface area contributed by atoms with Crippen molar-refractivity contribution in [3.8, 4) is 12.3 Å². The number of nitrogens with zero attached hydrogens (tertiary/aromatic N) is 1. The van der Waals surface area contributed by atoms with Crippen LogP contribution >= 0.6 is 0 Å². The molecule has 4 heteroatoms. The molecule has 0 unspecified atom stereocenters. The third-order valence-electron chi connectivity index (χ3n) is 2.60. The lowest BCUT2D eigenvalue weighted by molar-refractivity contribution is -0.0700. The van der Waals surface area contributed by atoms with Crippen molar-refractivity contribution in [2.24, 2.45) is 0 Å². The van der Waals surface area contributed by atoms with E-state index in [0.717, 1.165) is 0 Å². The molecule has 0 spiro atoms. The molecule has 1 fully saturated rings. The van der Waals surface area contributed by atoms with Gasteiger partial charge in [0.05, 0.1) is 6.04 Å². The second-order valence-corrected chi connectivity index (χ2v) is 5.74. The number of carbonyl (C=O) groups excluding carboxylic acids is 1. The molecule has 0 radical (unpaired) electrons. The second kappa shape index (κ2) is 4.23. The Balaban J connectivity index is 2.89. The molecule has 96 valence electrons. The van der Waals surface area contributed by atoms with Crippen LogP contribution < -0.4 is 0 Å². The Kier molecular flexibility index (Phi) is 3.45. The number of amides is 1. The molecule has 0 aromatic heterocycles. The molecule has 0 bridgehead atoms. The van der Waals surface area contributed by atoms with Crippen LogP contribution in [0.4, 0.5) is 4.79 Å². The molecule has 0 aromatic carbocycles. The van der Waals surface area contributed by atoms with Gasteiger partial charge in [-0.3, -0.25) is 4.90 Å². The molecule has 0 saturated carbocycles. The van der Waals surface area contributed by atoms with E-state index in [2.05, 4.69) is 5.92 Å². The SMILES string of the molecule is C#C[C@H]1OC(C)(C)N(C(=O)OC(C)(C)C)[C@H]1C. The zero-order chi connectivity index (χ0) is 13.4. The summed E-state index contributed by atoms with van der Waals surface area (Å²) in [6, 6.07) is -0.190. The molecule has 1 aliphatic heterocycles. The van der Waals surface area contributed by atoms with Crippen molar-refractivity contribution < 1.29 is 14.3 Å². The molecular formula is C13H21NO3. The summed E-state index contributed by atoms with van der Waals surface area (Å²) in [5, 5.41) is 0. The Morgan fingerprint density at radius 1 is 1.47 bits per heavy atom. The van der Waals surface area contributed by atoms with E-state index in [9.17, 15) is 4.79 Å². The molecule has 1 saturated heterocycles. The van der Waals surface area contributed by atoms with Crippen molar-refractivity contribution in [1.29, 1.82) is 0 Å². The van der Waals surface area contributed by atoms with Gasteiger partial charge < -0.3 is 9.47 Å². The van der Waals surface area contributed by atoms with Gasteiger partial charge in [-0.15, -0.1) is 6.42 Å². The van der Waals surface area contributed by atoms with Gasteiger partial charge in [0.2, 0.25) is 0 Å². The quantitative estimate of drug-likeness (QED) is 0.609. The molecule has 1 amide bonds.